The largest absolute Gasteiger partial charge is 1.00 e. The summed E-state index contributed by atoms with van der Waals surface area (Å²) in [5, 5.41) is 0. The van der Waals surface area contributed by atoms with Crippen LogP contribution in [0.5, 0.6) is 0 Å². The van der Waals surface area contributed by atoms with Crippen LogP contribution in [-0.2, 0) is 54.3 Å². The molecule has 0 unspecified atom stereocenters. The van der Waals surface area contributed by atoms with Gasteiger partial charge in [0.2, 0.25) is 0 Å². The smallest absolute Gasteiger partial charge is 0.172 e. The molecule has 8 rings (SSSR count). The number of benzene rings is 6. The van der Waals surface area contributed by atoms with E-state index in [9.17, 15) is 8.78 Å². The van der Waals surface area contributed by atoms with E-state index in [4.69, 9.17) is 0 Å². The van der Waals surface area contributed by atoms with Crippen molar-refractivity contribution >= 4 is 3.21 Å². The van der Waals surface area contributed by atoms with Gasteiger partial charge in [0.05, 0.1) is 0 Å². The van der Waals surface area contributed by atoms with Crippen molar-refractivity contribution in [2.24, 2.45) is 0 Å². The molecule has 0 amide bonds. The fourth-order valence-electron chi connectivity index (χ4n) is 7.73. The standard InChI is InChI=1S/C37H41.C13H8F2.C5H5.2ClH.Zr/c1-9-24-15-11-13-17-28(24)32-20-26-19-27-21-33(29-18-14-12-16-25(29)10-2)35(37(6,7)8)23-31(27)30(26)22-34(32)36(3,4)5;14-12-5-1-10(2-6-12)9-11-3-7-13(15)8-4-11;1-2-4-5-3-1;;;/h11-18,20,22-23H,9-10,19H2,1-8H3;1-8H;1-5H;2*1H;/q-1;;-1;;;+2/p-2. The second kappa shape index (κ2) is 21.1. The van der Waals surface area contributed by atoms with Gasteiger partial charge in [-0.2, -0.15) is 18.2 Å². The maximum Gasteiger partial charge on any atom is -0.172 e. The summed E-state index contributed by atoms with van der Waals surface area (Å²) in [5.41, 5.74) is 18.6. The number of aryl methyl sites for hydroxylation is 2. The van der Waals surface area contributed by atoms with Gasteiger partial charge in [-0.15, -0.1) is 28.8 Å². The van der Waals surface area contributed by atoms with Gasteiger partial charge in [0.1, 0.15) is 0 Å². The molecule has 1 aliphatic carbocycles. The first-order valence-corrected chi connectivity index (χ1v) is 21.6. The molecule has 0 saturated heterocycles. The summed E-state index contributed by atoms with van der Waals surface area (Å²) in [6.45, 7) is 18.6. The zero-order chi connectivity index (χ0) is 41.6. The van der Waals surface area contributed by atoms with Crippen LogP contribution in [0.2, 0.25) is 0 Å². The predicted molar refractivity (Wildman–Crippen MR) is 239 cm³/mol. The van der Waals surface area contributed by atoms with Gasteiger partial charge in [-0.3, -0.25) is 0 Å². The van der Waals surface area contributed by atoms with E-state index in [2.05, 4.69) is 128 Å². The summed E-state index contributed by atoms with van der Waals surface area (Å²) in [5.74, 6) is -0.488. The zero-order valence-corrected chi connectivity index (χ0v) is 40.0. The topological polar surface area (TPSA) is 0 Å². The Morgan fingerprint density at radius 1 is 0.567 bits per heavy atom. The molecule has 0 N–H and O–H groups in total. The van der Waals surface area contributed by atoms with Gasteiger partial charge < -0.3 is 24.8 Å². The van der Waals surface area contributed by atoms with E-state index in [1.165, 1.54) is 115 Å². The van der Waals surface area contributed by atoms with Crippen molar-refractivity contribution < 1.29 is 57.8 Å². The first-order chi connectivity index (χ1) is 27.7. The molecule has 1 aliphatic rings. The monoisotopic (exact) mass is 912 g/mol. The van der Waals surface area contributed by atoms with Crippen molar-refractivity contribution in [3.63, 3.8) is 0 Å². The Bertz CT molecular complexity index is 2310. The SMILES string of the molecule is CCc1ccccc1-c1[c-]c2c(cc1C(C)(C)C)-c1cc(C(C)(C)C)c(-c3ccccc3CC)cc1C2.Fc1ccc([C](=[Zr+2])c2ccc(F)cc2)cc1.[Cl-].[Cl-].c1cc[cH-]c1. The zero-order valence-electron chi connectivity index (χ0n) is 36.0. The Morgan fingerprint density at radius 2 is 1.03 bits per heavy atom. The van der Waals surface area contributed by atoms with E-state index in [1.807, 2.05) is 30.3 Å². The molecular weight excluding hydrogens is 861 g/mol. The first-order valence-electron chi connectivity index (χ1n) is 20.4. The van der Waals surface area contributed by atoms with Gasteiger partial charge in [0.25, 0.3) is 0 Å². The minimum Gasteiger partial charge on any atom is -1.00 e. The third-order valence-corrected chi connectivity index (χ3v) is 12.3. The number of hydrogen-bond acceptors (Lipinski definition) is 0. The molecule has 0 radical (unpaired) electrons. The van der Waals surface area contributed by atoms with Gasteiger partial charge in [-0.05, 0) is 57.9 Å². The minimum absolute atomic E-state index is 0. The molecule has 0 spiro atoms. The first kappa shape index (κ1) is 48.5. The van der Waals surface area contributed by atoms with Crippen LogP contribution < -0.4 is 24.8 Å². The van der Waals surface area contributed by atoms with Crippen LogP contribution in [0.4, 0.5) is 8.78 Å². The minimum atomic E-state index is -0.244. The normalized spacial score (nSPS) is 11.4. The Hall–Kier alpha value is -4.14. The Morgan fingerprint density at radius 3 is 1.50 bits per heavy atom. The average molecular weight is 915 g/mol. The summed E-state index contributed by atoms with van der Waals surface area (Å²) in [4.78, 5) is 0. The molecule has 0 aromatic heterocycles. The van der Waals surface area contributed by atoms with Crippen LogP contribution in [-0.4, -0.2) is 3.21 Å². The summed E-state index contributed by atoms with van der Waals surface area (Å²) in [6, 6.07) is 52.0. The quantitative estimate of drug-likeness (QED) is 0.147. The molecule has 0 bridgehead atoms. The molecule has 7 aromatic rings. The number of rotatable bonds is 6. The van der Waals surface area contributed by atoms with Crippen molar-refractivity contribution in [3.8, 4) is 33.4 Å². The fraction of sp³-hybridized carbons (Fsp3) is 0.236. The molecule has 0 heterocycles. The third kappa shape index (κ3) is 11.4. The summed E-state index contributed by atoms with van der Waals surface area (Å²) in [7, 11) is 0. The fourth-order valence-corrected chi connectivity index (χ4v) is 8.55. The molecule has 308 valence electrons. The van der Waals surface area contributed by atoms with Gasteiger partial charge in [0, 0.05) is 0 Å². The van der Waals surface area contributed by atoms with Crippen LogP contribution in [0.25, 0.3) is 33.4 Å². The Labute approximate surface area is 385 Å². The maximum atomic E-state index is 12.8. The van der Waals surface area contributed by atoms with E-state index in [0.29, 0.717) is 0 Å². The van der Waals surface area contributed by atoms with Gasteiger partial charge >= 0.3 is 108 Å². The van der Waals surface area contributed by atoms with Crippen molar-refractivity contribution in [3.05, 3.63) is 208 Å². The van der Waals surface area contributed by atoms with E-state index < -0.39 is 0 Å². The van der Waals surface area contributed by atoms with Crippen LogP contribution in [0, 0.1) is 17.7 Å². The molecule has 7 aromatic carbocycles. The molecule has 0 nitrogen and oxygen atoms in total. The van der Waals surface area contributed by atoms with Crippen molar-refractivity contribution in [2.45, 2.75) is 85.5 Å². The van der Waals surface area contributed by atoms with Gasteiger partial charge in [-0.1, -0.05) is 138 Å². The molecule has 5 heteroatoms. The number of halogens is 4. The maximum absolute atomic E-state index is 12.8. The molecule has 0 saturated carbocycles. The average Bonchev–Trinajstić information content (AvgIpc) is 3.92. The van der Waals surface area contributed by atoms with E-state index in [1.54, 1.807) is 24.3 Å². The molecule has 0 atom stereocenters. The summed E-state index contributed by atoms with van der Waals surface area (Å²) in [6.07, 6.45) is 3.02. The number of hydrogen-bond donors (Lipinski definition) is 0. The van der Waals surface area contributed by atoms with E-state index in [-0.39, 0.29) is 47.3 Å². The molecule has 0 fully saturated rings. The van der Waals surface area contributed by atoms with Crippen LogP contribution >= 0.6 is 0 Å². The second-order valence-electron chi connectivity index (χ2n) is 17.1. The van der Waals surface area contributed by atoms with E-state index in [0.717, 1.165) is 33.6 Å². The Kier molecular flexibility index (Phi) is 17.1. The second-order valence-corrected chi connectivity index (χ2v) is 18.3. The van der Waals surface area contributed by atoms with Gasteiger partial charge in [-0.25, -0.2) is 12.1 Å². The summed E-state index contributed by atoms with van der Waals surface area (Å²) >= 11 is 1.22. The van der Waals surface area contributed by atoms with Crippen LogP contribution in [0.15, 0.2) is 146 Å². The predicted octanol–water partition coefficient (Wildman–Crippen LogP) is 8.61. The Balaban J connectivity index is 0.000000285. The van der Waals surface area contributed by atoms with Crippen molar-refractivity contribution in [2.75, 3.05) is 0 Å². The summed E-state index contributed by atoms with van der Waals surface area (Å²) < 4.78 is 26.6. The van der Waals surface area contributed by atoms with Gasteiger partial charge in [0.15, 0.2) is 0 Å². The molecule has 0 aliphatic heterocycles. The van der Waals surface area contributed by atoms with E-state index >= 15 is 0 Å². The van der Waals surface area contributed by atoms with Crippen molar-refractivity contribution in [1.82, 2.24) is 0 Å². The molecular formula is C55H54Cl2F2Zr-2. The third-order valence-electron chi connectivity index (χ3n) is 10.9. The van der Waals surface area contributed by atoms with Crippen LogP contribution in [0.3, 0.4) is 0 Å². The van der Waals surface area contributed by atoms with Crippen LogP contribution in [0.1, 0.15) is 99.9 Å². The number of fused-ring (bicyclic) bond motifs is 3. The molecule has 60 heavy (non-hydrogen) atoms. The van der Waals surface area contributed by atoms with Crippen molar-refractivity contribution in [1.29, 1.82) is 0 Å².